The molecule has 0 atom stereocenters. The van der Waals surface area contributed by atoms with Crippen LogP contribution in [0.1, 0.15) is 34.6 Å². The molecule has 0 saturated heterocycles. The number of aldehydes is 1. The number of ether oxygens (including phenoxy) is 1. The van der Waals surface area contributed by atoms with E-state index in [1.165, 1.54) is 0 Å². The number of rotatable bonds is 4. The van der Waals surface area contributed by atoms with Crippen molar-refractivity contribution in [2.75, 3.05) is 0 Å². The third kappa shape index (κ3) is 2.56. The van der Waals surface area contributed by atoms with Crippen molar-refractivity contribution in [1.29, 1.82) is 0 Å². The maximum absolute atomic E-state index is 13.5. The van der Waals surface area contributed by atoms with Gasteiger partial charge in [0.15, 0.2) is 17.9 Å². The zero-order valence-corrected chi connectivity index (χ0v) is 8.86. The Bertz CT molecular complexity index is 426. The van der Waals surface area contributed by atoms with Crippen molar-refractivity contribution in [1.82, 2.24) is 0 Å². The van der Waals surface area contributed by atoms with Crippen molar-refractivity contribution in [2.45, 2.75) is 20.0 Å². The second-order valence-corrected chi connectivity index (χ2v) is 3.47. The average molecular weight is 226 g/mol. The normalized spacial score (nSPS) is 10.2. The van der Waals surface area contributed by atoms with Gasteiger partial charge in [-0.3, -0.25) is 4.79 Å². The molecule has 0 spiro atoms. The van der Waals surface area contributed by atoms with Crippen LogP contribution in [0.25, 0.3) is 0 Å². The Labute approximate surface area is 91.7 Å². The fraction of sp³-hybridized carbons (Fsp3) is 0.273. The molecule has 0 saturated carbocycles. The Morgan fingerprint density at radius 2 is 2.12 bits per heavy atom. The number of aromatic carboxylic acids is 1. The van der Waals surface area contributed by atoms with Crippen LogP contribution >= 0.6 is 0 Å². The summed E-state index contributed by atoms with van der Waals surface area (Å²) in [6.07, 6.45) is 0.0663. The lowest BCUT2D eigenvalue weighted by molar-refractivity contribution is 0.0696. The van der Waals surface area contributed by atoms with Crippen molar-refractivity contribution in [3.63, 3.8) is 0 Å². The van der Waals surface area contributed by atoms with Crippen molar-refractivity contribution < 1.29 is 23.8 Å². The fourth-order valence-corrected chi connectivity index (χ4v) is 1.19. The van der Waals surface area contributed by atoms with Crippen LogP contribution in [0.4, 0.5) is 4.39 Å². The van der Waals surface area contributed by atoms with Crippen LogP contribution in [0.3, 0.4) is 0 Å². The molecule has 16 heavy (non-hydrogen) atoms. The molecule has 0 fully saturated rings. The van der Waals surface area contributed by atoms with Gasteiger partial charge in [-0.25, -0.2) is 9.18 Å². The van der Waals surface area contributed by atoms with Crippen LogP contribution in [0.5, 0.6) is 5.75 Å². The van der Waals surface area contributed by atoms with E-state index in [2.05, 4.69) is 0 Å². The quantitative estimate of drug-likeness (QED) is 0.799. The van der Waals surface area contributed by atoms with Crippen LogP contribution in [0.2, 0.25) is 0 Å². The van der Waals surface area contributed by atoms with Crippen molar-refractivity contribution in [3.05, 3.63) is 29.1 Å². The number of benzene rings is 1. The largest absolute Gasteiger partial charge is 0.487 e. The molecule has 0 aliphatic rings. The Kier molecular flexibility index (Phi) is 3.60. The van der Waals surface area contributed by atoms with E-state index in [1.54, 1.807) is 13.8 Å². The number of hydrogen-bond donors (Lipinski definition) is 1. The Morgan fingerprint density at radius 3 is 2.56 bits per heavy atom. The van der Waals surface area contributed by atoms with Gasteiger partial charge in [0.05, 0.1) is 17.2 Å². The van der Waals surface area contributed by atoms with Crippen LogP contribution in [-0.2, 0) is 0 Å². The molecule has 86 valence electrons. The number of carboxylic acid groups (broad SMARTS) is 1. The van der Waals surface area contributed by atoms with Crippen molar-refractivity contribution in [3.8, 4) is 5.75 Å². The summed E-state index contributed by atoms with van der Waals surface area (Å²) in [5, 5.41) is 8.68. The van der Waals surface area contributed by atoms with Crippen LogP contribution in [0.15, 0.2) is 12.1 Å². The van der Waals surface area contributed by atoms with E-state index in [0.717, 1.165) is 12.1 Å². The molecule has 5 heteroatoms. The third-order valence-corrected chi connectivity index (χ3v) is 1.80. The first-order chi connectivity index (χ1) is 7.45. The summed E-state index contributed by atoms with van der Waals surface area (Å²) in [4.78, 5) is 21.3. The van der Waals surface area contributed by atoms with E-state index in [9.17, 15) is 14.0 Å². The van der Waals surface area contributed by atoms with Crippen LogP contribution < -0.4 is 4.74 Å². The molecule has 1 rings (SSSR count). The monoisotopic (exact) mass is 226 g/mol. The Morgan fingerprint density at radius 1 is 1.50 bits per heavy atom. The molecule has 0 aromatic heterocycles. The highest BCUT2D eigenvalue weighted by Gasteiger charge is 2.16. The molecule has 0 radical (unpaired) electrons. The minimum absolute atomic E-state index is 0.105. The lowest BCUT2D eigenvalue weighted by atomic mass is 10.1. The molecule has 0 heterocycles. The summed E-state index contributed by atoms with van der Waals surface area (Å²) in [6.45, 7) is 3.36. The lowest BCUT2D eigenvalue weighted by Crippen LogP contribution is -2.10. The van der Waals surface area contributed by atoms with Gasteiger partial charge < -0.3 is 9.84 Å². The molecular weight excluding hydrogens is 215 g/mol. The predicted molar refractivity (Wildman–Crippen MR) is 54.5 cm³/mol. The maximum Gasteiger partial charge on any atom is 0.335 e. The van der Waals surface area contributed by atoms with E-state index in [1.807, 2.05) is 0 Å². The summed E-state index contributed by atoms with van der Waals surface area (Å²) in [7, 11) is 0. The summed E-state index contributed by atoms with van der Waals surface area (Å²) >= 11 is 0. The first-order valence-electron chi connectivity index (χ1n) is 4.64. The number of carbonyl (C=O) groups excluding carboxylic acids is 1. The number of carbonyl (C=O) groups is 2. The van der Waals surface area contributed by atoms with E-state index in [-0.39, 0.29) is 23.0 Å². The smallest absolute Gasteiger partial charge is 0.335 e. The number of carboxylic acids is 1. The van der Waals surface area contributed by atoms with Gasteiger partial charge in [0.25, 0.3) is 0 Å². The van der Waals surface area contributed by atoms with Crippen molar-refractivity contribution in [2.24, 2.45) is 0 Å². The molecule has 0 bridgehead atoms. The summed E-state index contributed by atoms with van der Waals surface area (Å²) in [5.41, 5.74) is -0.387. The molecule has 1 N–H and O–H groups in total. The van der Waals surface area contributed by atoms with Crippen LogP contribution in [0, 0.1) is 5.82 Å². The molecule has 0 unspecified atom stereocenters. The van der Waals surface area contributed by atoms with Gasteiger partial charge in [-0.1, -0.05) is 0 Å². The van der Waals surface area contributed by atoms with E-state index in [4.69, 9.17) is 9.84 Å². The van der Waals surface area contributed by atoms with Gasteiger partial charge in [-0.2, -0.15) is 0 Å². The highest BCUT2D eigenvalue weighted by atomic mass is 19.1. The molecule has 0 aliphatic heterocycles. The number of halogens is 1. The Balaban J connectivity index is 3.28. The second-order valence-electron chi connectivity index (χ2n) is 3.47. The molecule has 1 aromatic carbocycles. The predicted octanol–water partition coefficient (Wildman–Crippen LogP) is 2.12. The van der Waals surface area contributed by atoms with Crippen LogP contribution in [-0.4, -0.2) is 23.5 Å². The molecule has 0 aliphatic carbocycles. The standard InChI is InChI=1S/C11H11FO4/c1-6(2)16-10-8(5-13)3-7(11(14)15)4-9(10)12/h3-6H,1-2H3,(H,14,15). The zero-order valence-electron chi connectivity index (χ0n) is 8.86. The third-order valence-electron chi connectivity index (χ3n) is 1.80. The topological polar surface area (TPSA) is 63.6 Å². The molecule has 1 aromatic rings. The van der Waals surface area contributed by atoms with E-state index < -0.39 is 11.8 Å². The minimum atomic E-state index is -1.29. The van der Waals surface area contributed by atoms with Gasteiger partial charge in [-0.05, 0) is 26.0 Å². The van der Waals surface area contributed by atoms with Gasteiger partial charge >= 0.3 is 5.97 Å². The van der Waals surface area contributed by atoms with E-state index >= 15 is 0 Å². The van der Waals surface area contributed by atoms with Gasteiger partial charge in [0.1, 0.15) is 0 Å². The molecule has 4 nitrogen and oxygen atoms in total. The highest BCUT2D eigenvalue weighted by molar-refractivity contribution is 5.91. The Hall–Kier alpha value is -1.91. The molecule has 0 amide bonds. The summed E-state index contributed by atoms with van der Waals surface area (Å²) < 4.78 is 18.6. The number of hydrogen-bond acceptors (Lipinski definition) is 3. The second kappa shape index (κ2) is 4.74. The average Bonchev–Trinajstić information content (AvgIpc) is 2.19. The lowest BCUT2D eigenvalue weighted by Gasteiger charge is -2.13. The first kappa shape index (κ1) is 12.2. The van der Waals surface area contributed by atoms with Gasteiger partial charge in [0.2, 0.25) is 0 Å². The van der Waals surface area contributed by atoms with Crippen molar-refractivity contribution >= 4 is 12.3 Å². The first-order valence-corrected chi connectivity index (χ1v) is 4.64. The maximum atomic E-state index is 13.5. The SMILES string of the molecule is CC(C)Oc1c(F)cc(C(=O)O)cc1C=O. The zero-order chi connectivity index (χ0) is 12.3. The minimum Gasteiger partial charge on any atom is -0.487 e. The van der Waals surface area contributed by atoms with E-state index in [0.29, 0.717) is 6.29 Å². The summed E-state index contributed by atoms with van der Waals surface area (Å²) in [5.74, 6) is -2.36. The van der Waals surface area contributed by atoms with Gasteiger partial charge in [0, 0.05) is 0 Å². The molecular formula is C11H11FO4. The fourth-order valence-electron chi connectivity index (χ4n) is 1.19. The van der Waals surface area contributed by atoms with Gasteiger partial charge in [-0.15, -0.1) is 0 Å². The highest BCUT2D eigenvalue weighted by Crippen LogP contribution is 2.24. The summed E-state index contributed by atoms with van der Waals surface area (Å²) in [6, 6.07) is 1.91.